The van der Waals surface area contributed by atoms with E-state index in [1.165, 1.54) is 21.9 Å². The molecule has 5 aromatic carbocycles. The predicted octanol–water partition coefficient (Wildman–Crippen LogP) is 8.63. The lowest BCUT2D eigenvalue weighted by Crippen LogP contribution is -2.11. The summed E-state index contributed by atoms with van der Waals surface area (Å²) in [7, 11) is 0. The van der Waals surface area contributed by atoms with Gasteiger partial charge in [0.25, 0.3) is 0 Å². The summed E-state index contributed by atoms with van der Waals surface area (Å²) in [5.74, 6) is 0. The molecule has 1 nitrogen and oxygen atoms in total. The zero-order valence-electron chi connectivity index (χ0n) is 16.4. The van der Waals surface area contributed by atoms with Gasteiger partial charge in [-0.3, -0.25) is 0 Å². The maximum atomic E-state index is 6.39. The second-order valence-electron chi connectivity index (χ2n) is 7.23. The third-order valence-corrected chi connectivity index (χ3v) is 5.52. The Balaban J connectivity index is 1.76. The second kappa shape index (κ2) is 8.06. The lowest BCUT2D eigenvalue weighted by atomic mass is 10.0. The molecule has 0 aromatic heterocycles. The van der Waals surface area contributed by atoms with Gasteiger partial charge in [0.05, 0.1) is 5.69 Å². The molecule has 0 amide bonds. The fraction of sp³-hybridized carbons (Fsp3) is 0. The standard InChI is InChI=1S/C28H20ClN/c29-24-13-8-14-25(20-24)30(26-18-17-21-9-4-5-12-23(21)19-26)28-16-7-6-15-27(28)22-10-2-1-3-11-22/h1-20H. The van der Waals surface area contributed by atoms with Crippen molar-refractivity contribution in [3.05, 3.63) is 126 Å². The number of para-hydroxylation sites is 1. The molecule has 0 N–H and O–H groups in total. The molecule has 0 bridgehead atoms. The van der Waals surface area contributed by atoms with E-state index in [2.05, 4.69) is 102 Å². The highest BCUT2D eigenvalue weighted by atomic mass is 35.5. The third-order valence-electron chi connectivity index (χ3n) is 5.29. The van der Waals surface area contributed by atoms with Crippen LogP contribution in [-0.4, -0.2) is 0 Å². The largest absolute Gasteiger partial charge is 0.310 e. The van der Waals surface area contributed by atoms with E-state index in [-0.39, 0.29) is 0 Å². The van der Waals surface area contributed by atoms with E-state index in [1.807, 2.05) is 24.3 Å². The van der Waals surface area contributed by atoms with Crippen LogP contribution in [0.5, 0.6) is 0 Å². The van der Waals surface area contributed by atoms with Crippen molar-refractivity contribution in [1.29, 1.82) is 0 Å². The number of anilines is 3. The molecule has 2 heteroatoms. The normalized spacial score (nSPS) is 10.8. The first-order valence-corrected chi connectivity index (χ1v) is 10.4. The zero-order chi connectivity index (χ0) is 20.3. The Hall–Kier alpha value is -3.55. The van der Waals surface area contributed by atoms with Gasteiger partial charge in [-0.15, -0.1) is 0 Å². The first-order valence-electron chi connectivity index (χ1n) is 9.98. The van der Waals surface area contributed by atoms with E-state index in [4.69, 9.17) is 11.6 Å². The van der Waals surface area contributed by atoms with E-state index in [1.54, 1.807) is 0 Å². The molecular formula is C28H20ClN. The molecule has 144 valence electrons. The summed E-state index contributed by atoms with van der Waals surface area (Å²) >= 11 is 6.39. The van der Waals surface area contributed by atoms with Crippen molar-refractivity contribution in [1.82, 2.24) is 0 Å². The Bertz CT molecular complexity index is 1310. The Morgan fingerprint density at radius 1 is 0.500 bits per heavy atom. The van der Waals surface area contributed by atoms with Crippen molar-refractivity contribution in [3.63, 3.8) is 0 Å². The summed E-state index contributed by atoms with van der Waals surface area (Å²) in [6, 6.07) is 42.0. The fourth-order valence-electron chi connectivity index (χ4n) is 3.89. The summed E-state index contributed by atoms with van der Waals surface area (Å²) in [5, 5.41) is 3.15. The number of hydrogen-bond acceptors (Lipinski definition) is 1. The minimum Gasteiger partial charge on any atom is -0.310 e. The van der Waals surface area contributed by atoms with E-state index in [0.29, 0.717) is 0 Å². The highest BCUT2D eigenvalue weighted by Gasteiger charge is 2.17. The molecule has 0 heterocycles. The number of rotatable bonds is 4. The number of hydrogen-bond donors (Lipinski definition) is 0. The van der Waals surface area contributed by atoms with Crippen LogP contribution in [0.1, 0.15) is 0 Å². The molecule has 0 spiro atoms. The van der Waals surface area contributed by atoms with Crippen LogP contribution in [0.25, 0.3) is 21.9 Å². The van der Waals surface area contributed by atoms with Gasteiger partial charge in [0.1, 0.15) is 0 Å². The van der Waals surface area contributed by atoms with Gasteiger partial charge in [-0.05, 0) is 52.7 Å². The molecule has 0 aliphatic heterocycles. The number of fused-ring (bicyclic) bond motifs is 1. The number of nitrogens with zero attached hydrogens (tertiary/aromatic N) is 1. The highest BCUT2D eigenvalue weighted by Crippen LogP contribution is 2.41. The maximum Gasteiger partial charge on any atom is 0.0540 e. The van der Waals surface area contributed by atoms with Crippen molar-refractivity contribution in [2.24, 2.45) is 0 Å². The zero-order valence-corrected chi connectivity index (χ0v) is 17.1. The first-order chi connectivity index (χ1) is 14.8. The molecule has 0 saturated heterocycles. The Labute approximate surface area is 181 Å². The molecular weight excluding hydrogens is 386 g/mol. The summed E-state index contributed by atoms with van der Waals surface area (Å²) < 4.78 is 0. The average molecular weight is 406 g/mol. The van der Waals surface area contributed by atoms with Gasteiger partial charge >= 0.3 is 0 Å². The van der Waals surface area contributed by atoms with Crippen molar-refractivity contribution >= 4 is 39.4 Å². The predicted molar refractivity (Wildman–Crippen MR) is 129 cm³/mol. The van der Waals surface area contributed by atoms with Crippen LogP contribution < -0.4 is 4.90 Å². The Morgan fingerprint density at radius 2 is 1.20 bits per heavy atom. The molecule has 0 aliphatic rings. The smallest absolute Gasteiger partial charge is 0.0540 e. The van der Waals surface area contributed by atoms with Gasteiger partial charge < -0.3 is 4.90 Å². The fourth-order valence-corrected chi connectivity index (χ4v) is 4.07. The minimum atomic E-state index is 0.718. The van der Waals surface area contributed by atoms with Crippen LogP contribution in [-0.2, 0) is 0 Å². The Morgan fingerprint density at radius 3 is 2.03 bits per heavy atom. The van der Waals surface area contributed by atoms with Gasteiger partial charge in [-0.1, -0.05) is 96.5 Å². The van der Waals surface area contributed by atoms with Gasteiger partial charge in [0.15, 0.2) is 0 Å². The van der Waals surface area contributed by atoms with Gasteiger partial charge in [0, 0.05) is 22.0 Å². The van der Waals surface area contributed by atoms with Gasteiger partial charge in [0.2, 0.25) is 0 Å². The molecule has 0 aliphatic carbocycles. The average Bonchev–Trinajstić information content (AvgIpc) is 2.80. The highest BCUT2D eigenvalue weighted by molar-refractivity contribution is 6.30. The first kappa shape index (κ1) is 18.5. The topological polar surface area (TPSA) is 3.24 Å². The van der Waals surface area contributed by atoms with Crippen LogP contribution in [0, 0.1) is 0 Å². The summed E-state index contributed by atoms with van der Waals surface area (Å²) in [6.07, 6.45) is 0. The van der Waals surface area contributed by atoms with E-state index >= 15 is 0 Å². The van der Waals surface area contributed by atoms with E-state index in [9.17, 15) is 0 Å². The second-order valence-corrected chi connectivity index (χ2v) is 7.67. The van der Waals surface area contributed by atoms with Crippen LogP contribution in [0.15, 0.2) is 121 Å². The molecule has 30 heavy (non-hydrogen) atoms. The van der Waals surface area contributed by atoms with Crippen LogP contribution >= 0.6 is 11.6 Å². The summed E-state index contributed by atoms with van der Waals surface area (Å²) in [6.45, 7) is 0. The lowest BCUT2D eigenvalue weighted by Gasteiger charge is -2.28. The molecule has 0 fully saturated rings. The van der Waals surface area contributed by atoms with Crippen molar-refractivity contribution < 1.29 is 0 Å². The monoisotopic (exact) mass is 405 g/mol. The van der Waals surface area contributed by atoms with Gasteiger partial charge in [-0.25, -0.2) is 0 Å². The SMILES string of the molecule is Clc1cccc(N(c2ccc3ccccc3c2)c2ccccc2-c2ccccc2)c1. The summed E-state index contributed by atoms with van der Waals surface area (Å²) in [5.41, 5.74) is 5.59. The van der Waals surface area contributed by atoms with E-state index < -0.39 is 0 Å². The molecule has 0 saturated carbocycles. The third kappa shape index (κ3) is 3.56. The molecule has 5 rings (SSSR count). The quantitative estimate of drug-likeness (QED) is 0.289. The Kier molecular flexibility index (Phi) is 4.96. The van der Waals surface area contributed by atoms with Crippen molar-refractivity contribution in [3.8, 4) is 11.1 Å². The number of halogens is 1. The molecule has 0 unspecified atom stereocenters. The van der Waals surface area contributed by atoms with Gasteiger partial charge in [-0.2, -0.15) is 0 Å². The van der Waals surface area contributed by atoms with Crippen LogP contribution in [0.4, 0.5) is 17.1 Å². The van der Waals surface area contributed by atoms with Crippen molar-refractivity contribution in [2.75, 3.05) is 4.90 Å². The van der Waals surface area contributed by atoms with Crippen LogP contribution in [0.3, 0.4) is 0 Å². The molecule has 0 radical (unpaired) electrons. The minimum absolute atomic E-state index is 0.718. The maximum absolute atomic E-state index is 6.39. The lowest BCUT2D eigenvalue weighted by molar-refractivity contribution is 1.29. The van der Waals surface area contributed by atoms with E-state index in [0.717, 1.165) is 22.1 Å². The number of benzene rings is 5. The van der Waals surface area contributed by atoms with Crippen LogP contribution in [0.2, 0.25) is 5.02 Å². The summed E-state index contributed by atoms with van der Waals surface area (Å²) in [4.78, 5) is 2.28. The van der Waals surface area contributed by atoms with Crippen molar-refractivity contribution in [2.45, 2.75) is 0 Å². The molecule has 5 aromatic rings. The molecule has 0 atom stereocenters.